The molecule has 2 aliphatic rings. The Morgan fingerprint density at radius 3 is 2.59 bits per heavy atom. The van der Waals surface area contributed by atoms with Crippen molar-refractivity contribution in [2.24, 2.45) is 10.9 Å². The lowest BCUT2D eigenvalue weighted by atomic mass is 9.82. The van der Waals surface area contributed by atoms with Crippen molar-refractivity contribution in [1.29, 1.82) is 0 Å². The van der Waals surface area contributed by atoms with Crippen LogP contribution in [-0.4, -0.2) is 35.2 Å². The Kier molecular flexibility index (Phi) is 4.79. The monoisotopic (exact) mass is 390 g/mol. The second kappa shape index (κ2) is 7.16. The second-order valence-corrected chi connectivity index (χ2v) is 8.34. The zero-order valence-electron chi connectivity index (χ0n) is 17.2. The molecule has 0 aliphatic carbocycles. The Morgan fingerprint density at radius 1 is 1.17 bits per heavy atom. The highest BCUT2D eigenvalue weighted by Gasteiger charge is 2.40. The summed E-state index contributed by atoms with van der Waals surface area (Å²) in [5.74, 6) is 1.43. The molecule has 2 heterocycles. The number of carbonyl (C=O) groups excluding carboxylic acids is 1. The van der Waals surface area contributed by atoms with E-state index in [0.717, 1.165) is 28.0 Å². The van der Waals surface area contributed by atoms with Crippen LogP contribution in [0.1, 0.15) is 37.0 Å². The molecule has 2 aliphatic heterocycles. The van der Waals surface area contributed by atoms with Gasteiger partial charge in [0.15, 0.2) is 0 Å². The van der Waals surface area contributed by atoms with Crippen LogP contribution in [0.2, 0.25) is 0 Å². The lowest BCUT2D eigenvalue weighted by Crippen LogP contribution is -2.40. The topological polar surface area (TPSA) is 62.1 Å². The van der Waals surface area contributed by atoms with Crippen LogP contribution in [0.5, 0.6) is 11.5 Å². The molecule has 1 N–H and O–H groups in total. The molecule has 0 spiro atoms. The maximum Gasteiger partial charge on any atom is 0.251 e. The van der Waals surface area contributed by atoms with Crippen LogP contribution in [0.25, 0.3) is 5.57 Å². The molecule has 0 aromatic heterocycles. The minimum atomic E-state index is -0.986. The third-order valence-corrected chi connectivity index (χ3v) is 5.59. The number of likely N-dealkylation sites (N-methyl/N-ethyl adjacent to an activating group) is 1. The third kappa shape index (κ3) is 3.70. The van der Waals surface area contributed by atoms with Crippen LogP contribution in [-0.2, 0) is 10.4 Å². The van der Waals surface area contributed by atoms with Crippen LogP contribution in [0.4, 0.5) is 0 Å². The first kappa shape index (κ1) is 19.4. The van der Waals surface area contributed by atoms with Gasteiger partial charge in [-0.1, -0.05) is 23.8 Å². The van der Waals surface area contributed by atoms with Gasteiger partial charge in [0, 0.05) is 30.9 Å². The molecule has 1 amide bonds. The Labute approximate surface area is 171 Å². The highest BCUT2D eigenvalue weighted by molar-refractivity contribution is 5.94. The molecule has 2 aromatic carbocycles. The van der Waals surface area contributed by atoms with Gasteiger partial charge in [0.2, 0.25) is 0 Å². The predicted octanol–water partition coefficient (Wildman–Crippen LogP) is 4.29. The van der Waals surface area contributed by atoms with Crippen molar-refractivity contribution in [3.63, 3.8) is 0 Å². The lowest BCUT2D eigenvalue weighted by molar-refractivity contribution is -0.129. The first-order valence-corrected chi connectivity index (χ1v) is 9.86. The smallest absolute Gasteiger partial charge is 0.251 e. The summed E-state index contributed by atoms with van der Waals surface area (Å²) in [6.45, 7) is 5.56. The van der Waals surface area contributed by atoms with E-state index in [1.807, 2.05) is 61.8 Å². The van der Waals surface area contributed by atoms with E-state index in [1.165, 1.54) is 0 Å². The molecule has 5 heteroatoms. The minimum Gasteiger partial charge on any atom is -0.457 e. The van der Waals surface area contributed by atoms with Crippen molar-refractivity contribution in [2.75, 3.05) is 7.05 Å². The van der Waals surface area contributed by atoms with E-state index in [-0.39, 0.29) is 11.8 Å². The number of carbonyl (C=O) groups is 1. The molecular formula is C24H26N2O3. The van der Waals surface area contributed by atoms with E-state index in [0.29, 0.717) is 12.2 Å². The molecule has 0 bridgehead atoms. The van der Waals surface area contributed by atoms with Crippen LogP contribution >= 0.6 is 0 Å². The number of amides is 1. The normalized spacial score (nSPS) is 21.2. The van der Waals surface area contributed by atoms with Gasteiger partial charge in [-0.2, -0.15) is 0 Å². The summed E-state index contributed by atoms with van der Waals surface area (Å²) in [7, 11) is 1.76. The number of rotatable bonds is 4. The second-order valence-electron chi connectivity index (χ2n) is 8.34. The Bertz CT molecular complexity index is 1000. The quantitative estimate of drug-likeness (QED) is 0.847. The zero-order valence-corrected chi connectivity index (χ0v) is 17.2. The number of aliphatic hydroxyl groups is 1. The summed E-state index contributed by atoms with van der Waals surface area (Å²) in [6.07, 6.45) is 4.43. The van der Waals surface area contributed by atoms with Gasteiger partial charge in [-0.05, 0) is 62.6 Å². The van der Waals surface area contributed by atoms with Gasteiger partial charge >= 0.3 is 0 Å². The predicted molar refractivity (Wildman–Crippen MR) is 114 cm³/mol. The van der Waals surface area contributed by atoms with E-state index < -0.39 is 11.6 Å². The molecule has 29 heavy (non-hydrogen) atoms. The molecule has 2 atom stereocenters. The van der Waals surface area contributed by atoms with Gasteiger partial charge in [0.25, 0.3) is 5.91 Å². The average Bonchev–Trinajstić information content (AvgIpc) is 3.16. The van der Waals surface area contributed by atoms with Crippen molar-refractivity contribution in [3.8, 4) is 11.5 Å². The van der Waals surface area contributed by atoms with Gasteiger partial charge in [-0.15, -0.1) is 0 Å². The van der Waals surface area contributed by atoms with E-state index in [4.69, 9.17) is 4.74 Å². The van der Waals surface area contributed by atoms with E-state index in [2.05, 4.69) is 4.99 Å². The van der Waals surface area contributed by atoms with Crippen molar-refractivity contribution in [2.45, 2.75) is 38.8 Å². The van der Waals surface area contributed by atoms with Gasteiger partial charge in [-0.3, -0.25) is 9.79 Å². The molecule has 2 unspecified atom stereocenters. The number of nitrogens with zero attached hydrogens (tertiary/aromatic N) is 2. The largest absolute Gasteiger partial charge is 0.457 e. The molecule has 4 rings (SSSR count). The maximum atomic E-state index is 12.5. The SMILES string of the molecule is Cc1ccc(Oc2ccc(C(C)(C)O)cc2C2=CN(C)C(=O)C3N=CCC23)cc1. The third-order valence-electron chi connectivity index (χ3n) is 5.59. The first-order chi connectivity index (χ1) is 13.7. The number of fused-ring (bicyclic) bond motifs is 1. The van der Waals surface area contributed by atoms with Crippen LogP contribution in [0.15, 0.2) is 53.7 Å². The summed E-state index contributed by atoms with van der Waals surface area (Å²) in [4.78, 5) is 18.5. The first-order valence-electron chi connectivity index (χ1n) is 9.86. The molecule has 150 valence electrons. The summed E-state index contributed by atoms with van der Waals surface area (Å²) < 4.78 is 6.23. The fraction of sp³-hybridized carbons (Fsp3) is 0.333. The standard InChI is InChI=1S/C24H26N2O3/c1-15-5-8-17(9-6-15)29-21-10-7-16(24(2,3)28)13-19(21)20-14-26(4)23(27)22-18(20)11-12-25-22/h5-10,12-14,18,22,28H,11H2,1-4H3. The van der Waals surface area contributed by atoms with Crippen LogP contribution < -0.4 is 4.74 Å². The number of benzene rings is 2. The van der Waals surface area contributed by atoms with E-state index in [9.17, 15) is 9.90 Å². The molecule has 0 radical (unpaired) electrons. The number of hydrogen-bond acceptors (Lipinski definition) is 4. The van der Waals surface area contributed by atoms with Crippen molar-refractivity contribution in [3.05, 3.63) is 65.4 Å². The summed E-state index contributed by atoms with van der Waals surface area (Å²) in [5.41, 5.74) is 2.85. The summed E-state index contributed by atoms with van der Waals surface area (Å²) in [6, 6.07) is 13.2. The maximum absolute atomic E-state index is 12.5. The average molecular weight is 390 g/mol. The van der Waals surface area contributed by atoms with Crippen molar-refractivity contribution in [1.82, 2.24) is 4.90 Å². The Hall–Kier alpha value is -2.92. The van der Waals surface area contributed by atoms with Gasteiger partial charge < -0.3 is 14.7 Å². The molecule has 0 saturated carbocycles. The van der Waals surface area contributed by atoms with Crippen molar-refractivity contribution >= 4 is 17.7 Å². The number of ether oxygens (including phenoxy) is 1. The molecule has 2 aromatic rings. The molecule has 0 fully saturated rings. The molecule has 5 nitrogen and oxygen atoms in total. The number of aryl methyl sites for hydroxylation is 1. The van der Waals surface area contributed by atoms with Gasteiger partial charge in [0.1, 0.15) is 17.5 Å². The van der Waals surface area contributed by atoms with E-state index in [1.54, 1.807) is 25.8 Å². The van der Waals surface area contributed by atoms with Crippen LogP contribution in [0.3, 0.4) is 0 Å². The lowest BCUT2D eigenvalue weighted by Gasteiger charge is -2.31. The molecule has 0 saturated heterocycles. The fourth-order valence-electron chi connectivity index (χ4n) is 3.86. The zero-order chi connectivity index (χ0) is 20.8. The highest BCUT2D eigenvalue weighted by Crippen LogP contribution is 2.42. The minimum absolute atomic E-state index is 0.00662. The number of hydrogen-bond donors (Lipinski definition) is 1. The fourth-order valence-corrected chi connectivity index (χ4v) is 3.86. The van der Waals surface area contributed by atoms with Crippen molar-refractivity contribution < 1.29 is 14.6 Å². The molecular weight excluding hydrogens is 364 g/mol. The highest BCUT2D eigenvalue weighted by atomic mass is 16.5. The summed E-state index contributed by atoms with van der Waals surface area (Å²) >= 11 is 0. The van der Waals surface area contributed by atoms with Gasteiger partial charge in [0.05, 0.1) is 5.60 Å². The summed E-state index contributed by atoms with van der Waals surface area (Å²) in [5, 5.41) is 10.6. The Morgan fingerprint density at radius 2 is 1.90 bits per heavy atom. The van der Waals surface area contributed by atoms with E-state index >= 15 is 0 Å². The Balaban J connectivity index is 1.82. The van der Waals surface area contributed by atoms with Crippen LogP contribution in [0, 0.1) is 12.8 Å². The number of aliphatic imine (C=N–C) groups is 1. The van der Waals surface area contributed by atoms with Gasteiger partial charge in [-0.25, -0.2) is 0 Å².